The van der Waals surface area contributed by atoms with Gasteiger partial charge in [-0.25, -0.2) is 0 Å². The van der Waals surface area contributed by atoms with Gasteiger partial charge >= 0.3 is 0 Å². The number of H-pyrrole nitrogens is 1. The van der Waals surface area contributed by atoms with Crippen LogP contribution in [0.15, 0.2) is 70.4 Å². The molecule has 3 aliphatic carbocycles. The summed E-state index contributed by atoms with van der Waals surface area (Å²) >= 11 is 0. The van der Waals surface area contributed by atoms with Crippen LogP contribution in [-0.4, -0.2) is 12.1 Å². The number of hydrogen-bond donors (Lipinski definition) is 1. The fraction of sp³-hybridized carbons (Fsp3) is 0.514. The van der Waals surface area contributed by atoms with Crippen molar-refractivity contribution < 1.29 is 4.74 Å². The van der Waals surface area contributed by atoms with Crippen molar-refractivity contribution in [3.8, 4) is 17.0 Å². The van der Waals surface area contributed by atoms with Crippen molar-refractivity contribution >= 4 is 0 Å². The first-order valence-corrected chi connectivity index (χ1v) is 15.6. The van der Waals surface area contributed by atoms with Crippen LogP contribution in [0, 0.1) is 18.8 Å². The molecule has 1 saturated carbocycles. The SMILES string of the molecule is CCC1=C(C2CCCCC(c3[nH]c(-c4cccc(OC)c4)c(C)c3CC)CC2)C2=C(CC(C)=C2)C(C)CC=C1. The Morgan fingerprint density at radius 1 is 0.974 bits per heavy atom. The van der Waals surface area contributed by atoms with Crippen molar-refractivity contribution in [3.63, 3.8) is 0 Å². The molecular formula is C37H49NO. The number of rotatable bonds is 6. The van der Waals surface area contributed by atoms with Crippen LogP contribution in [0.2, 0.25) is 0 Å². The molecule has 1 N–H and O–H groups in total. The molecule has 2 aromatic rings. The third-order valence-electron chi connectivity index (χ3n) is 9.79. The van der Waals surface area contributed by atoms with Crippen molar-refractivity contribution in [3.05, 3.63) is 87.2 Å². The van der Waals surface area contributed by atoms with Gasteiger partial charge in [0.2, 0.25) is 0 Å². The van der Waals surface area contributed by atoms with Gasteiger partial charge < -0.3 is 9.72 Å². The van der Waals surface area contributed by atoms with E-state index in [0.29, 0.717) is 17.8 Å². The number of nitrogens with one attached hydrogen (secondary N) is 1. The molecule has 3 aliphatic rings. The molecule has 1 aromatic carbocycles. The van der Waals surface area contributed by atoms with Crippen LogP contribution in [0.5, 0.6) is 5.75 Å². The summed E-state index contributed by atoms with van der Waals surface area (Å²) in [5, 5.41) is 0. The third-order valence-corrected chi connectivity index (χ3v) is 9.79. The molecule has 0 bridgehead atoms. The Kier molecular flexibility index (Phi) is 8.70. The lowest BCUT2D eigenvalue weighted by Crippen LogP contribution is -2.16. The smallest absolute Gasteiger partial charge is 0.119 e. The van der Waals surface area contributed by atoms with Gasteiger partial charge in [0.1, 0.15) is 5.75 Å². The second kappa shape index (κ2) is 12.2. The van der Waals surface area contributed by atoms with Crippen LogP contribution in [0.25, 0.3) is 11.3 Å². The average Bonchev–Trinajstić information content (AvgIpc) is 3.47. The number of ether oxygens (including phenoxy) is 1. The van der Waals surface area contributed by atoms with E-state index in [1.165, 1.54) is 79.4 Å². The Balaban J connectivity index is 1.48. The summed E-state index contributed by atoms with van der Waals surface area (Å²) in [5.41, 5.74) is 15.1. The Morgan fingerprint density at radius 2 is 1.74 bits per heavy atom. The zero-order valence-electron chi connectivity index (χ0n) is 25.3. The van der Waals surface area contributed by atoms with Gasteiger partial charge in [0.25, 0.3) is 0 Å². The normalized spacial score (nSPS) is 24.2. The minimum Gasteiger partial charge on any atom is -0.497 e. The molecular weight excluding hydrogens is 474 g/mol. The summed E-state index contributed by atoms with van der Waals surface area (Å²) in [7, 11) is 1.75. The van der Waals surface area contributed by atoms with E-state index in [2.05, 4.69) is 76.0 Å². The van der Waals surface area contributed by atoms with Gasteiger partial charge in [0, 0.05) is 17.0 Å². The second-order valence-electron chi connectivity index (χ2n) is 12.3. The van der Waals surface area contributed by atoms with Gasteiger partial charge in [-0.2, -0.15) is 0 Å². The summed E-state index contributed by atoms with van der Waals surface area (Å²) in [6, 6.07) is 8.51. The largest absolute Gasteiger partial charge is 0.497 e. The fourth-order valence-electron chi connectivity index (χ4n) is 7.66. The summed E-state index contributed by atoms with van der Waals surface area (Å²) in [6.45, 7) is 11.8. The van der Waals surface area contributed by atoms with Crippen LogP contribution in [0.1, 0.15) is 108 Å². The molecule has 1 fully saturated rings. The number of aromatic nitrogens is 1. The van der Waals surface area contributed by atoms with Crippen molar-refractivity contribution in [2.75, 3.05) is 7.11 Å². The van der Waals surface area contributed by atoms with E-state index in [9.17, 15) is 0 Å². The molecule has 0 spiro atoms. The maximum atomic E-state index is 5.54. The predicted molar refractivity (Wildman–Crippen MR) is 166 cm³/mol. The Morgan fingerprint density at radius 3 is 2.49 bits per heavy atom. The number of methoxy groups -OCH3 is 1. The van der Waals surface area contributed by atoms with Crippen molar-refractivity contribution in [2.45, 2.75) is 105 Å². The summed E-state index contributed by atoms with van der Waals surface area (Å²) in [4.78, 5) is 3.97. The van der Waals surface area contributed by atoms with E-state index >= 15 is 0 Å². The zero-order valence-corrected chi connectivity index (χ0v) is 25.3. The lowest BCUT2D eigenvalue weighted by atomic mass is 9.74. The van der Waals surface area contributed by atoms with Gasteiger partial charge in [-0.3, -0.25) is 0 Å². The molecule has 0 aliphatic heterocycles. The molecule has 1 heterocycles. The number of benzene rings is 1. The maximum absolute atomic E-state index is 5.54. The Bertz CT molecular complexity index is 1310. The zero-order chi connectivity index (χ0) is 27.5. The highest BCUT2D eigenvalue weighted by Crippen LogP contribution is 2.46. The quantitative estimate of drug-likeness (QED) is 0.400. The van der Waals surface area contributed by atoms with Crippen molar-refractivity contribution in [2.24, 2.45) is 11.8 Å². The molecule has 0 radical (unpaired) electrons. The topological polar surface area (TPSA) is 25.0 Å². The van der Waals surface area contributed by atoms with E-state index in [1.54, 1.807) is 35.0 Å². The lowest BCUT2D eigenvalue weighted by molar-refractivity contribution is 0.386. The van der Waals surface area contributed by atoms with Gasteiger partial charge in [-0.15, -0.1) is 0 Å². The molecule has 3 unspecified atom stereocenters. The second-order valence-corrected chi connectivity index (χ2v) is 12.3. The summed E-state index contributed by atoms with van der Waals surface area (Å²) < 4.78 is 5.54. The molecule has 39 heavy (non-hydrogen) atoms. The monoisotopic (exact) mass is 523 g/mol. The fourth-order valence-corrected chi connectivity index (χ4v) is 7.66. The van der Waals surface area contributed by atoms with Gasteiger partial charge in [0.05, 0.1) is 7.11 Å². The highest BCUT2D eigenvalue weighted by molar-refractivity contribution is 5.68. The molecule has 3 atom stereocenters. The number of aromatic amines is 1. The Hall–Kier alpha value is -2.74. The van der Waals surface area contributed by atoms with Crippen LogP contribution in [-0.2, 0) is 6.42 Å². The summed E-state index contributed by atoms with van der Waals surface area (Å²) in [5.74, 6) is 2.82. The van der Waals surface area contributed by atoms with E-state index in [-0.39, 0.29) is 0 Å². The third kappa shape index (κ3) is 5.63. The van der Waals surface area contributed by atoms with Crippen molar-refractivity contribution in [1.29, 1.82) is 0 Å². The predicted octanol–water partition coefficient (Wildman–Crippen LogP) is 10.6. The average molecular weight is 524 g/mol. The molecule has 0 saturated heterocycles. The van der Waals surface area contributed by atoms with Crippen LogP contribution < -0.4 is 4.74 Å². The van der Waals surface area contributed by atoms with E-state index < -0.39 is 0 Å². The first-order valence-electron chi connectivity index (χ1n) is 15.6. The van der Waals surface area contributed by atoms with E-state index in [4.69, 9.17) is 4.74 Å². The van der Waals surface area contributed by atoms with E-state index in [1.807, 2.05) is 6.07 Å². The minimum atomic E-state index is 0.601. The van der Waals surface area contributed by atoms with Crippen molar-refractivity contribution in [1.82, 2.24) is 4.98 Å². The number of allylic oxidation sites excluding steroid dienone is 8. The van der Waals surface area contributed by atoms with Gasteiger partial charge in [0.15, 0.2) is 0 Å². The van der Waals surface area contributed by atoms with Crippen LogP contribution in [0.4, 0.5) is 0 Å². The first-order chi connectivity index (χ1) is 18.9. The number of hydrogen-bond acceptors (Lipinski definition) is 1. The molecule has 0 amide bonds. The maximum Gasteiger partial charge on any atom is 0.119 e. The van der Waals surface area contributed by atoms with Crippen LogP contribution in [0.3, 0.4) is 0 Å². The highest BCUT2D eigenvalue weighted by atomic mass is 16.5. The highest BCUT2D eigenvalue weighted by Gasteiger charge is 2.30. The lowest BCUT2D eigenvalue weighted by Gasteiger charge is -2.31. The minimum absolute atomic E-state index is 0.601. The standard InChI is InChI=1S/C37H49NO/c1-7-27-16-11-13-25(4)33-21-24(3)22-34(33)35(27)28-14-9-10-15-29(20-19-28)37-32(8-2)26(5)36(38-37)30-17-12-18-31(23-30)39-6/h11-12,16-18,22-23,25,28-29,38H,7-10,13-15,19-21H2,1-6H3. The molecule has 1 aromatic heterocycles. The van der Waals surface area contributed by atoms with E-state index in [0.717, 1.165) is 18.6 Å². The molecule has 208 valence electrons. The Labute approximate surface area is 237 Å². The molecule has 2 nitrogen and oxygen atoms in total. The first kappa shape index (κ1) is 27.8. The molecule has 2 heteroatoms. The molecule has 5 rings (SSSR count). The van der Waals surface area contributed by atoms with Gasteiger partial charge in [-0.05, 0) is 123 Å². The summed E-state index contributed by atoms with van der Waals surface area (Å²) in [6.07, 6.45) is 19.9. The van der Waals surface area contributed by atoms with Crippen LogP contribution >= 0.6 is 0 Å². The van der Waals surface area contributed by atoms with Gasteiger partial charge in [-0.1, -0.05) is 75.1 Å².